The first-order chi connectivity index (χ1) is 15.5. The molecule has 0 aliphatic carbocycles. The van der Waals surface area contributed by atoms with E-state index in [-0.39, 0.29) is 6.61 Å². The molecule has 1 heterocycles. The van der Waals surface area contributed by atoms with Gasteiger partial charge in [0.1, 0.15) is 0 Å². The molecule has 0 unspecified atom stereocenters. The summed E-state index contributed by atoms with van der Waals surface area (Å²) in [5, 5.41) is 4.43. The number of esters is 1. The lowest BCUT2D eigenvalue weighted by Crippen LogP contribution is -2.32. The number of carbonyl (C=O) groups is 1. The number of benzene rings is 2. The Labute approximate surface area is 183 Å². The smallest absolute Gasteiger partial charge is 0.349 e. The van der Waals surface area contributed by atoms with Crippen molar-refractivity contribution in [3.05, 3.63) is 81.0 Å². The lowest BCUT2D eigenvalue weighted by molar-refractivity contribution is -0.142. The van der Waals surface area contributed by atoms with E-state index in [1.165, 1.54) is 13.3 Å². The van der Waals surface area contributed by atoms with Crippen molar-refractivity contribution in [2.45, 2.75) is 13.3 Å². The third-order valence-electron chi connectivity index (χ3n) is 4.49. The van der Waals surface area contributed by atoms with Gasteiger partial charge in [-0.3, -0.25) is 4.79 Å². The van der Waals surface area contributed by atoms with E-state index in [0.717, 1.165) is 4.68 Å². The summed E-state index contributed by atoms with van der Waals surface area (Å²) < 4.78 is 16.7. The number of hydrogen-bond donors (Lipinski definition) is 1. The maximum atomic E-state index is 12.7. The molecule has 0 spiro atoms. The van der Waals surface area contributed by atoms with Gasteiger partial charge in [-0.15, -0.1) is 11.3 Å². The van der Waals surface area contributed by atoms with Crippen molar-refractivity contribution >= 4 is 23.1 Å². The molecular formula is C23H23N3O6. The minimum Gasteiger partial charge on any atom is -0.490 e. The highest BCUT2D eigenvalue weighted by Crippen LogP contribution is 2.33. The number of ether oxygens (including phenoxy) is 3. The Balaban J connectivity index is 2.04. The van der Waals surface area contributed by atoms with Crippen molar-refractivity contribution in [2.24, 2.45) is 5.10 Å². The number of H-pyrrole nitrogens is 1. The van der Waals surface area contributed by atoms with Crippen LogP contribution in [0.1, 0.15) is 18.1 Å². The van der Waals surface area contributed by atoms with E-state index in [4.69, 9.17) is 9.47 Å². The van der Waals surface area contributed by atoms with Crippen LogP contribution in [-0.4, -0.2) is 42.2 Å². The number of nitrogens with one attached hydrogen (secondary N) is 1. The van der Waals surface area contributed by atoms with E-state index in [2.05, 4.69) is 21.4 Å². The minimum absolute atomic E-state index is 0.282. The zero-order valence-corrected chi connectivity index (χ0v) is 17.8. The number of hydrogen-bond acceptors (Lipinski definition) is 7. The predicted molar refractivity (Wildman–Crippen MR) is 121 cm³/mol. The van der Waals surface area contributed by atoms with Gasteiger partial charge in [-0.25, -0.2) is 9.59 Å². The van der Waals surface area contributed by atoms with Crippen molar-refractivity contribution in [2.75, 3.05) is 20.3 Å². The Bertz CT molecular complexity index is 1290. The highest BCUT2D eigenvalue weighted by molar-refractivity contribution is 5.82. The van der Waals surface area contributed by atoms with Gasteiger partial charge in [0.25, 0.3) is 5.56 Å². The van der Waals surface area contributed by atoms with Crippen molar-refractivity contribution in [3.63, 3.8) is 0 Å². The molecule has 0 saturated heterocycles. The lowest BCUT2D eigenvalue weighted by Gasteiger charge is -2.16. The zero-order valence-electron chi connectivity index (χ0n) is 17.8. The highest BCUT2D eigenvalue weighted by atomic mass is 16.6. The second kappa shape index (κ2) is 10.3. The second-order valence-electron chi connectivity index (χ2n) is 6.64. The molecule has 3 aromatic rings. The minimum atomic E-state index is -0.653. The first kappa shape index (κ1) is 22.5. The number of para-hydroxylation sites is 1. The Morgan fingerprint density at radius 3 is 2.72 bits per heavy atom. The van der Waals surface area contributed by atoms with E-state index in [1.807, 2.05) is 6.92 Å². The van der Waals surface area contributed by atoms with Gasteiger partial charge in [-0.05, 0) is 43.2 Å². The summed E-state index contributed by atoms with van der Waals surface area (Å²) in [6.45, 7) is 5.63. The van der Waals surface area contributed by atoms with E-state index < -0.39 is 17.2 Å². The number of rotatable bonds is 9. The molecule has 0 amide bonds. The third-order valence-corrected chi connectivity index (χ3v) is 4.49. The summed E-state index contributed by atoms with van der Waals surface area (Å²) in [6.07, 6.45) is 3.48. The molecular weight excluding hydrogens is 414 g/mol. The average molecular weight is 437 g/mol. The molecule has 166 valence electrons. The second-order valence-corrected chi connectivity index (χ2v) is 6.64. The molecule has 32 heavy (non-hydrogen) atoms. The highest BCUT2D eigenvalue weighted by Gasteiger charge is 2.15. The van der Waals surface area contributed by atoms with Gasteiger partial charge < -0.3 is 19.2 Å². The Morgan fingerprint density at radius 2 is 2.00 bits per heavy atom. The Kier molecular flexibility index (Phi) is 7.22. The Morgan fingerprint density at radius 1 is 1.22 bits per heavy atom. The number of allylic oxidation sites excluding steroid dienone is 1. The van der Waals surface area contributed by atoms with Crippen LogP contribution in [0.4, 0.5) is 0 Å². The molecule has 0 saturated carbocycles. The molecule has 9 nitrogen and oxygen atoms in total. The van der Waals surface area contributed by atoms with Gasteiger partial charge in [0.15, 0.2) is 18.1 Å². The van der Waals surface area contributed by atoms with Crippen molar-refractivity contribution in [3.8, 4) is 11.5 Å². The molecule has 0 radical (unpaired) electrons. The topological polar surface area (TPSA) is 112 Å². The van der Waals surface area contributed by atoms with Crippen LogP contribution in [0.5, 0.6) is 11.5 Å². The fourth-order valence-electron chi connectivity index (χ4n) is 3.06. The van der Waals surface area contributed by atoms with Gasteiger partial charge in [-0.1, -0.05) is 18.2 Å². The van der Waals surface area contributed by atoms with Crippen LogP contribution < -0.4 is 20.7 Å². The average Bonchev–Trinajstić information content (AvgIpc) is 2.78. The standard InChI is InChI=1S/C23H23N3O6/c1-4-8-16-11-15(12-19(31-5-2)21(16)32-14-20(27)30-3)13-24-26-22(28)17-9-6-7-10-18(17)25-23(26)29/h4,6-7,9-13H,1,5,8,14H2,2-3H3,(H,25,29). The maximum absolute atomic E-state index is 12.7. The maximum Gasteiger partial charge on any atom is 0.349 e. The fraction of sp³-hybridized carbons (Fsp3) is 0.217. The number of carbonyl (C=O) groups excluding carboxylic acids is 1. The first-order valence-corrected chi connectivity index (χ1v) is 9.87. The van der Waals surface area contributed by atoms with Gasteiger partial charge in [0.05, 0.1) is 30.8 Å². The van der Waals surface area contributed by atoms with Gasteiger partial charge in [-0.2, -0.15) is 5.10 Å². The van der Waals surface area contributed by atoms with Crippen molar-refractivity contribution in [1.82, 2.24) is 9.66 Å². The molecule has 0 aliphatic rings. The Hall–Kier alpha value is -4.14. The van der Waals surface area contributed by atoms with Crippen LogP contribution in [0.15, 0.2) is 63.7 Å². The van der Waals surface area contributed by atoms with Crippen LogP contribution in [-0.2, 0) is 16.0 Å². The number of fused-ring (bicyclic) bond motifs is 1. The first-order valence-electron chi connectivity index (χ1n) is 9.87. The predicted octanol–water partition coefficient (Wildman–Crippen LogP) is 2.25. The number of methoxy groups -OCH3 is 1. The molecule has 0 atom stereocenters. The number of aromatic amines is 1. The largest absolute Gasteiger partial charge is 0.490 e. The van der Waals surface area contributed by atoms with E-state index in [0.29, 0.717) is 46.6 Å². The summed E-state index contributed by atoms with van der Waals surface area (Å²) in [6, 6.07) is 10.1. The summed E-state index contributed by atoms with van der Waals surface area (Å²) in [7, 11) is 1.27. The van der Waals surface area contributed by atoms with Crippen LogP contribution in [0.25, 0.3) is 10.9 Å². The van der Waals surface area contributed by atoms with Crippen LogP contribution in [0, 0.1) is 0 Å². The van der Waals surface area contributed by atoms with Gasteiger partial charge >= 0.3 is 11.7 Å². The van der Waals surface area contributed by atoms with E-state index in [9.17, 15) is 14.4 Å². The number of nitrogens with zero attached hydrogens (tertiary/aromatic N) is 2. The molecule has 0 fully saturated rings. The summed E-state index contributed by atoms with van der Waals surface area (Å²) in [5.41, 5.74) is 0.508. The van der Waals surface area contributed by atoms with Crippen molar-refractivity contribution in [1.29, 1.82) is 0 Å². The molecule has 1 N–H and O–H groups in total. The molecule has 1 aromatic heterocycles. The van der Waals surface area contributed by atoms with Crippen molar-refractivity contribution < 1.29 is 19.0 Å². The summed E-state index contributed by atoms with van der Waals surface area (Å²) in [4.78, 5) is 39.2. The van der Waals surface area contributed by atoms with E-state index >= 15 is 0 Å². The van der Waals surface area contributed by atoms with Crippen LogP contribution in [0.2, 0.25) is 0 Å². The van der Waals surface area contributed by atoms with Gasteiger partial charge in [0.2, 0.25) is 0 Å². The summed E-state index contributed by atoms with van der Waals surface area (Å²) >= 11 is 0. The van der Waals surface area contributed by atoms with Gasteiger partial charge in [0, 0.05) is 5.56 Å². The van der Waals surface area contributed by atoms with Crippen LogP contribution >= 0.6 is 0 Å². The quantitative estimate of drug-likeness (QED) is 0.312. The van der Waals surface area contributed by atoms with E-state index in [1.54, 1.807) is 42.5 Å². The molecule has 2 aromatic carbocycles. The molecule has 0 aliphatic heterocycles. The monoisotopic (exact) mass is 437 g/mol. The zero-order chi connectivity index (χ0) is 23.1. The molecule has 9 heteroatoms. The molecule has 3 rings (SSSR count). The molecule has 0 bridgehead atoms. The van der Waals surface area contributed by atoms with Crippen LogP contribution in [0.3, 0.4) is 0 Å². The normalized spacial score (nSPS) is 10.9. The number of aromatic nitrogens is 2. The fourth-order valence-corrected chi connectivity index (χ4v) is 3.06. The summed E-state index contributed by atoms with van der Waals surface area (Å²) in [5.74, 6) is 0.240. The SMILES string of the molecule is C=CCc1cc(C=Nn2c(=O)[nH]c3ccccc3c2=O)cc(OCC)c1OCC(=O)OC. The lowest BCUT2D eigenvalue weighted by atomic mass is 10.1. The third kappa shape index (κ3) is 4.94.